The van der Waals surface area contributed by atoms with Crippen molar-refractivity contribution >= 4 is 11.9 Å². The molecule has 196 valence electrons. The number of hydrogen-bond acceptors (Lipinski definition) is 4. The molecule has 0 radical (unpaired) electrons. The lowest BCUT2D eigenvalue weighted by molar-refractivity contribution is -0.164. The van der Waals surface area contributed by atoms with Crippen LogP contribution in [0.1, 0.15) is 63.4 Å². The highest BCUT2D eigenvalue weighted by atomic mass is 16.3. The molecule has 0 spiro atoms. The van der Waals surface area contributed by atoms with E-state index >= 15 is 0 Å². The Hall–Kier alpha value is -2.12. The van der Waals surface area contributed by atoms with Gasteiger partial charge in [-0.15, -0.1) is 0 Å². The molecule has 2 heterocycles. The van der Waals surface area contributed by atoms with Gasteiger partial charge in [-0.05, 0) is 81.1 Å². The molecule has 36 heavy (non-hydrogen) atoms. The second-order valence-electron chi connectivity index (χ2n) is 12.7. The number of aliphatic hydroxyl groups is 2. The number of nitrogens with zero attached hydrogens (tertiary/aromatic N) is 2. The molecule has 4 bridgehead atoms. The van der Waals surface area contributed by atoms with E-state index < -0.39 is 5.60 Å². The molecule has 7 nitrogen and oxygen atoms in total. The second-order valence-corrected chi connectivity index (χ2v) is 12.7. The van der Waals surface area contributed by atoms with Crippen molar-refractivity contribution in [1.82, 2.24) is 15.1 Å². The summed E-state index contributed by atoms with van der Waals surface area (Å²) in [6, 6.07) is 10.1. The van der Waals surface area contributed by atoms with Gasteiger partial charge in [0.15, 0.2) is 0 Å². The van der Waals surface area contributed by atoms with Crippen LogP contribution in [0.4, 0.5) is 4.79 Å². The van der Waals surface area contributed by atoms with E-state index in [1.54, 1.807) is 0 Å². The highest BCUT2D eigenvalue weighted by Crippen LogP contribution is 2.60. The lowest BCUT2D eigenvalue weighted by Crippen LogP contribution is -2.61. The minimum absolute atomic E-state index is 0.00654. The van der Waals surface area contributed by atoms with Gasteiger partial charge in [0.1, 0.15) is 0 Å². The third-order valence-electron chi connectivity index (χ3n) is 10.1. The number of likely N-dealkylation sites (tertiary alicyclic amines) is 2. The van der Waals surface area contributed by atoms with Crippen molar-refractivity contribution in [3.63, 3.8) is 0 Å². The topological polar surface area (TPSA) is 93.1 Å². The molecule has 4 aliphatic carbocycles. The summed E-state index contributed by atoms with van der Waals surface area (Å²) < 4.78 is 0. The van der Waals surface area contributed by atoms with E-state index in [9.17, 15) is 19.8 Å². The quantitative estimate of drug-likeness (QED) is 0.599. The third-order valence-corrected chi connectivity index (χ3v) is 10.1. The zero-order valence-corrected chi connectivity index (χ0v) is 21.3. The predicted octanol–water partition coefficient (Wildman–Crippen LogP) is 2.94. The van der Waals surface area contributed by atoms with Crippen molar-refractivity contribution in [2.24, 2.45) is 23.2 Å². The van der Waals surface area contributed by atoms with E-state index in [1.165, 1.54) is 0 Å². The van der Waals surface area contributed by atoms with Crippen LogP contribution in [0, 0.1) is 23.2 Å². The van der Waals surface area contributed by atoms with Gasteiger partial charge in [-0.3, -0.25) is 4.79 Å². The van der Waals surface area contributed by atoms with Crippen molar-refractivity contribution in [2.75, 3.05) is 26.2 Å². The second kappa shape index (κ2) is 9.32. The fourth-order valence-electron chi connectivity index (χ4n) is 8.35. The molecule has 1 aromatic rings. The van der Waals surface area contributed by atoms with E-state index in [1.807, 2.05) is 40.1 Å². The molecule has 0 aromatic heterocycles. The van der Waals surface area contributed by atoms with E-state index in [0.29, 0.717) is 44.8 Å². The van der Waals surface area contributed by atoms with Crippen molar-refractivity contribution < 1.29 is 19.8 Å². The zero-order chi connectivity index (χ0) is 24.9. The van der Waals surface area contributed by atoms with Crippen molar-refractivity contribution in [3.05, 3.63) is 35.9 Å². The summed E-state index contributed by atoms with van der Waals surface area (Å²) in [7, 11) is 0. The molecule has 6 aliphatic rings. The number of benzene rings is 1. The first-order valence-corrected chi connectivity index (χ1v) is 14.1. The molecule has 2 saturated heterocycles. The molecule has 2 aliphatic heterocycles. The van der Waals surface area contributed by atoms with Crippen LogP contribution in [0.2, 0.25) is 0 Å². The van der Waals surface area contributed by atoms with Gasteiger partial charge in [0.25, 0.3) is 0 Å². The Morgan fingerprint density at radius 2 is 1.67 bits per heavy atom. The first kappa shape index (κ1) is 24.2. The molecule has 4 saturated carbocycles. The van der Waals surface area contributed by atoms with Gasteiger partial charge in [0.2, 0.25) is 5.91 Å². The number of urea groups is 1. The Morgan fingerprint density at radius 3 is 2.36 bits per heavy atom. The number of nitrogens with one attached hydrogen (secondary N) is 1. The van der Waals surface area contributed by atoms with Crippen LogP contribution in [-0.4, -0.2) is 75.9 Å². The molecule has 6 fully saturated rings. The highest BCUT2D eigenvalue weighted by molar-refractivity contribution is 5.83. The van der Waals surface area contributed by atoms with Crippen LogP contribution in [0.3, 0.4) is 0 Å². The van der Waals surface area contributed by atoms with E-state index in [2.05, 4.69) is 5.32 Å². The summed E-state index contributed by atoms with van der Waals surface area (Å²) in [6.45, 7) is 2.40. The number of carbonyl (C=O) groups excluding carboxylic acids is 2. The van der Waals surface area contributed by atoms with Crippen LogP contribution < -0.4 is 5.32 Å². The Balaban J connectivity index is 1.03. The summed E-state index contributed by atoms with van der Waals surface area (Å²) in [5.74, 6) is 1.31. The number of amides is 3. The minimum Gasteiger partial charge on any atom is -0.393 e. The Morgan fingerprint density at radius 1 is 0.972 bits per heavy atom. The van der Waals surface area contributed by atoms with Gasteiger partial charge >= 0.3 is 6.03 Å². The highest BCUT2D eigenvalue weighted by Gasteiger charge is 2.58. The number of hydrogen-bond donors (Lipinski definition) is 3. The maximum Gasteiger partial charge on any atom is 0.320 e. The van der Waals surface area contributed by atoms with Crippen LogP contribution >= 0.6 is 0 Å². The summed E-state index contributed by atoms with van der Waals surface area (Å²) >= 11 is 0. The molecule has 3 N–H and O–H groups in total. The Bertz CT molecular complexity index is 960. The van der Waals surface area contributed by atoms with Gasteiger partial charge in [0.05, 0.1) is 17.1 Å². The van der Waals surface area contributed by atoms with E-state index in [0.717, 1.165) is 57.1 Å². The van der Waals surface area contributed by atoms with Gasteiger partial charge < -0.3 is 25.3 Å². The third kappa shape index (κ3) is 4.53. The molecule has 3 unspecified atom stereocenters. The monoisotopic (exact) mass is 495 g/mol. The van der Waals surface area contributed by atoms with Gasteiger partial charge in [-0.25, -0.2) is 4.79 Å². The molecule has 3 atom stereocenters. The SMILES string of the molecule is O=C(N1CCC(O)(Cc2ccccc2)CC1)N1CCCC(NC(=O)C23CC4CC(C2)C(O)C(C4)C3)C1. The summed E-state index contributed by atoms with van der Waals surface area (Å²) in [5.41, 5.74) is 0.0583. The minimum atomic E-state index is -0.762. The fraction of sp³-hybridized carbons (Fsp3) is 0.724. The lowest BCUT2D eigenvalue weighted by atomic mass is 9.48. The number of aliphatic hydroxyl groups excluding tert-OH is 1. The number of piperidine rings is 2. The molecule has 7 rings (SSSR count). The van der Waals surface area contributed by atoms with E-state index in [-0.39, 0.29) is 41.3 Å². The fourth-order valence-corrected chi connectivity index (χ4v) is 8.35. The largest absolute Gasteiger partial charge is 0.393 e. The average molecular weight is 496 g/mol. The maximum atomic E-state index is 13.5. The smallest absolute Gasteiger partial charge is 0.320 e. The Kier molecular flexibility index (Phi) is 6.27. The summed E-state index contributed by atoms with van der Waals surface area (Å²) in [5, 5.41) is 25.0. The molecular formula is C29H41N3O4. The first-order valence-electron chi connectivity index (χ1n) is 14.1. The van der Waals surface area contributed by atoms with Crippen LogP contribution in [0.15, 0.2) is 30.3 Å². The van der Waals surface area contributed by atoms with Crippen LogP contribution in [0.25, 0.3) is 0 Å². The van der Waals surface area contributed by atoms with Gasteiger partial charge in [-0.2, -0.15) is 0 Å². The zero-order valence-electron chi connectivity index (χ0n) is 21.3. The van der Waals surface area contributed by atoms with Gasteiger partial charge in [-0.1, -0.05) is 30.3 Å². The van der Waals surface area contributed by atoms with Crippen molar-refractivity contribution in [1.29, 1.82) is 0 Å². The Labute approximate surface area is 214 Å². The van der Waals surface area contributed by atoms with Crippen molar-refractivity contribution in [2.45, 2.75) is 82.0 Å². The molecule has 3 amide bonds. The predicted molar refractivity (Wildman–Crippen MR) is 136 cm³/mol. The summed E-state index contributed by atoms with van der Waals surface area (Å²) in [4.78, 5) is 30.7. The molecule has 1 aromatic carbocycles. The normalized spacial score (nSPS) is 37.1. The molecule has 7 heteroatoms. The van der Waals surface area contributed by atoms with Gasteiger partial charge in [0, 0.05) is 38.6 Å². The maximum absolute atomic E-state index is 13.5. The first-order chi connectivity index (χ1) is 17.3. The standard InChI is InChI=1S/C29H41N3O4/c33-25-22-13-21-14-23(25)18-28(15-21,17-22)26(34)30-24-7-4-10-32(19-24)27(35)31-11-8-29(36,9-12-31)16-20-5-2-1-3-6-20/h1-3,5-6,21-25,33,36H,4,7-19H2,(H,30,34). The number of rotatable bonds is 4. The van der Waals surface area contributed by atoms with Crippen LogP contribution in [0.5, 0.6) is 0 Å². The lowest BCUT2D eigenvalue weighted by Gasteiger charge is -2.58. The van der Waals surface area contributed by atoms with Crippen LogP contribution in [-0.2, 0) is 11.2 Å². The number of carbonyl (C=O) groups is 2. The van der Waals surface area contributed by atoms with E-state index in [4.69, 9.17) is 0 Å². The summed E-state index contributed by atoms with van der Waals surface area (Å²) in [6.07, 6.45) is 8.12. The average Bonchev–Trinajstić information content (AvgIpc) is 2.87. The van der Waals surface area contributed by atoms with Crippen molar-refractivity contribution in [3.8, 4) is 0 Å². The molecular weight excluding hydrogens is 454 g/mol.